The van der Waals surface area contributed by atoms with E-state index in [-0.39, 0.29) is 97.5 Å². The third-order valence-electron chi connectivity index (χ3n) is 15.0. The summed E-state index contributed by atoms with van der Waals surface area (Å²) >= 11 is 3.07. The molecule has 4 rings (SSSR count). The van der Waals surface area contributed by atoms with Gasteiger partial charge >= 0.3 is 23.9 Å². The highest BCUT2D eigenvalue weighted by Crippen LogP contribution is 2.24. The first kappa shape index (κ1) is 87.0. The van der Waals surface area contributed by atoms with Gasteiger partial charge in [-0.2, -0.15) is 11.8 Å². The molecule has 0 amide bonds. The Morgan fingerprint density at radius 1 is 0.474 bits per heavy atom. The molecule has 19 heteroatoms. The van der Waals surface area contributed by atoms with Crippen molar-refractivity contribution in [1.29, 1.82) is 0 Å². The number of para-hydroxylation sites is 2. The van der Waals surface area contributed by atoms with Crippen LogP contribution in [0.3, 0.4) is 0 Å². The number of carbonyl (C=O) groups is 11. The molecule has 0 fully saturated rings. The summed E-state index contributed by atoms with van der Waals surface area (Å²) in [6.07, 6.45) is 21.6. The summed E-state index contributed by atoms with van der Waals surface area (Å²) in [6, 6.07) is 29.4. The molecular weight excluding hydrogens is 1250 g/mol. The number of nitrogens with one attached hydrogen (secondary N) is 1. The fourth-order valence-electron chi connectivity index (χ4n) is 9.42. The van der Waals surface area contributed by atoms with E-state index in [9.17, 15) is 52.7 Å². The number of esters is 4. The minimum atomic E-state index is -0.363. The number of rotatable bonds is 40. The first-order valence-electron chi connectivity index (χ1n) is 32.5. The summed E-state index contributed by atoms with van der Waals surface area (Å²) in [6.45, 7) is 20.1. The summed E-state index contributed by atoms with van der Waals surface area (Å²) in [7, 11) is 0. The number of carbonyl (C=O) groups excluding carboxylic acids is 11. The topological polar surface area (TPSA) is 250 Å². The monoisotopic (exact) mass is 1350 g/mol. The van der Waals surface area contributed by atoms with Crippen molar-refractivity contribution < 1.29 is 76.4 Å². The molecule has 0 aliphatic heterocycles. The Bertz CT molecular complexity index is 3000. The predicted octanol–water partition coefficient (Wildman–Crippen LogP) is 15.1. The molecule has 95 heavy (non-hydrogen) atoms. The van der Waals surface area contributed by atoms with Crippen LogP contribution in [0, 0.1) is 29.6 Å². The Morgan fingerprint density at radius 3 is 1.34 bits per heavy atom. The molecule has 17 nitrogen and oxygen atoms in total. The minimum Gasteiger partial charge on any atom is -0.490 e. The minimum absolute atomic E-state index is 0.00319. The quantitative estimate of drug-likeness (QED) is 0.0143. The van der Waals surface area contributed by atoms with Crippen molar-refractivity contribution >= 4 is 101 Å². The van der Waals surface area contributed by atoms with Gasteiger partial charge in [0.15, 0.2) is 5.12 Å². The normalized spacial score (nSPS) is 13.0. The highest BCUT2D eigenvalue weighted by Gasteiger charge is 2.21. The van der Waals surface area contributed by atoms with Crippen LogP contribution in [0.4, 0.5) is 0 Å². The lowest BCUT2D eigenvalue weighted by Crippen LogP contribution is -2.17. The maximum Gasteiger partial charge on any atom is 0.306 e. The van der Waals surface area contributed by atoms with Gasteiger partial charge in [0.2, 0.25) is 0 Å². The second kappa shape index (κ2) is 56.3. The van der Waals surface area contributed by atoms with Crippen molar-refractivity contribution in [3.8, 4) is 5.75 Å². The molecule has 1 heterocycles. The lowest BCUT2D eigenvalue weighted by Gasteiger charge is -2.14. The van der Waals surface area contributed by atoms with Crippen molar-refractivity contribution in [3.05, 3.63) is 160 Å². The molecule has 1 N–H and O–H groups in total. The zero-order chi connectivity index (χ0) is 71.0. The van der Waals surface area contributed by atoms with E-state index in [1.807, 2.05) is 133 Å². The molecule has 4 aromatic rings. The van der Waals surface area contributed by atoms with Gasteiger partial charge in [0.1, 0.15) is 63.3 Å². The Balaban J connectivity index is 0.00000117. The number of aldehydes is 6. The number of allylic oxidation sites excluding steroid dienone is 10. The molecule has 0 bridgehead atoms. The van der Waals surface area contributed by atoms with Gasteiger partial charge in [0.25, 0.3) is 0 Å². The largest absolute Gasteiger partial charge is 0.490 e. The summed E-state index contributed by atoms with van der Waals surface area (Å²) in [5, 5.41) is 1.27. The SMILES string of the molecule is CC=C(C=O)C(CC)CC(=O)OCC.CC=C(C=O)C(CC)CC(=O)OCCOc1ccccc1.CC=C(C=O)C(CC)CC(=O)OCc1cc2ccccc2[nH]1.CC=C(C=O)C(CC)CC(=O)SCCc1ccccc1.CC=C(C=O)C(CC=O)CC(=O)OCCCSC. The average molecular weight is 1350 g/mol. The maximum atomic E-state index is 12.0. The number of fused-ring (bicyclic) bond motifs is 1. The molecule has 0 aliphatic carbocycles. The lowest BCUT2D eigenvalue weighted by molar-refractivity contribution is -0.146. The lowest BCUT2D eigenvalue weighted by atomic mass is 9.93. The summed E-state index contributed by atoms with van der Waals surface area (Å²) < 4.78 is 25.8. The molecule has 5 unspecified atom stereocenters. The van der Waals surface area contributed by atoms with Crippen molar-refractivity contribution in [2.45, 2.75) is 153 Å². The summed E-state index contributed by atoms with van der Waals surface area (Å²) in [4.78, 5) is 126. The Hall–Kier alpha value is -8.03. The molecule has 5 atom stereocenters. The fourth-order valence-corrected chi connectivity index (χ4v) is 10.7. The molecule has 0 radical (unpaired) electrons. The zero-order valence-corrected chi connectivity index (χ0v) is 59.3. The molecule has 520 valence electrons. The smallest absolute Gasteiger partial charge is 0.306 e. The van der Waals surface area contributed by atoms with Gasteiger partial charge in [-0.05, 0) is 179 Å². The number of aromatic amines is 1. The molecule has 0 spiro atoms. The highest BCUT2D eigenvalue weighted by molar-refractivity contribution is 8.13. The number of aromatic nitrogens is 1. The van der Waals surface area contributed by atoms with Gasteiger partial charge in [0, 0.05) is 30.0 Å². The second-order valence-corrected chi connectivity index (χ2v) is 23.5. The second-order valence-electron chi connectivity index (χ2n) is 21.3. The third-order valence-corrected chi connectivity index (χ3v) is 16.6. The number of hydrogen-bond acceptors (Lipinski definition) is 18. The Kier molecular flexibility index (Phi) is 51.6. The van der Waals surface area contributed by atoms with Crippen LogP contribution in [0.25, 0.3) is 10.9 Å². The maximum absolute atomic E-state index is 12.0. The molecule has 0 aliphatic rings. The molecule has 1 aromatic heterocycles. The van der Waals surface area contributed by atoms with Crippen molar-refractivity contribution in [3.63, 3.8) is 0 Å². The van der Waals surface area contributed by atoms with E-state index >= 15 is 0 Å². The van der Waals surface area contributed by atoms with Crippen LogP contribution < -0.4 is 4.74 Å². The predicted molar refractivity (Wildman–Crippen MR) is 381 cm³/mol. The van der Waals surface area contributed by atoms with E-state index in [1.165, 1.54) is 17.3 Å². The Labute approximate surface area is 572 Å². The van der Waals surface area contributed by atoms with Crippen molar-refractivity contribution in [2.24, 2.45) is 29.6 Å². The summed E-state index contributed by atoms with van der Waals surface area (Å²) in [5.74, 6) is 0.857. The number of aryl methyl sites for hydroxylation is 1. The third kappa shape index (κ3) is 38.8. The van der Waals surface area contributed by atoms with Crippen LogP contribution in [0.5, 0.6) is 5.75 Å². The highest BCUT2D eigenvalue weighted by atomic mass is 32.2. The van der Waals surface area contributed by atoms with Gasteiger partial charge in [-0.25, -0.2) is 0 Å². The van der Waals surface area contributed by atoms with Gasteiger partial charge < -0.3 is 33.5 Å². The van der Waals surface area contributed by atoms with Gasteiger partial charge in [0.05, 0.1) is 44.6 Å². The zero-order valence-electron chi connectivity index (χ0n) is 57.7. The van der Waals surface area contributed by atoms with Crippen LogP contribution in [0.15, 0.2) is 149 Å². The van der Waals surface area contributed by atoms with Crippen molar-refractivity contribution in [2.75, 3.05) is 44.2 Å². The van der Waals surface area contributed by atoms with E-state index in [0.717, 1.165) is 109 Å². The number of hydrogen-bond donors (Lipinski definition) is 1. The molecule has 3 aromatic carbocycles. The van der Waals surface area contributed by atoms with Gasteiger partial charge in [-0.1, -0.05) is 137 Å². The van der Waals surface area contributed by atoms with Crippen molar-refractivity contribution in [1.82, 2.24) is 4.98 Å². The van der Waals surface area contributed by atoms with Crippen LogP contribution >= 0.6 is 23.5 Å². The number of thioether (sulfide) groups is 2. The number of H-pyrrole nitrogens is 1. The van der Waals surface area contributed by atoms with Crippen LogP contribution in [0.2, 0.25) is 0 Å². The Morgan fingerprint density at radius 2 is 0.895 bits per heavy atom. The van der Waals surface area contributed by atoms with Crippen LogP contribution in [-0.4, -0.2) is 116 Å². The van der Waals surface area contributed by atoms with E-state index in [2.05, 4.69) is 17.1 Å². The summed E-state index contributed by atoms with van der Waals surface area (Å²) in [5.41, 5.74) is 6.34. The van der Waals surface area contributed by atoms with Crippen LogP contribution in [-0.2, 0) is 84.7 Å². The van der Waals surface area contributed by atoms with Crippen LogP contribution in [0.1, 0.15) is 151 Å². The van der Waals surface area contributed by atoms with E-state index < -0.39 is 0 Å². The molecule has 0 saturated carbocycles. The van der Waals surface area contributed by atoms with E-state index in [0.29, 0.717) is 61.2 Å². The van der Waals surface area contributed by atoms with E-state index in [1.54, 1.807) is 63.8 Å². The molecule has 0 saturated heterocycles. The first-order valence-corrected chi connectivity index (χ1v) is 34.9. The number of ether oxygens (including phenoxy) is 5. The number of benzene rings is 3. The van der Waals surface area contributed by atoms with Gasteiger partial charge in [-0.3, -0.25) is 47.9 Å². The average Bonchev–Trinajstić information content (AvgIpc) is 1.74. The van der Waals surface area contributed by atoms with Gasteiger partial charge in [-0.15, -0.1) is 0 Å². The standard InChI is InChI=1S/C18H21NO3.C17H22O4.C17H22O2S.C13H20O4S.C11H18O3/c1-3-13(14(4-2)11-20)10-18(21)22-12-16-9-15-7-5-6-8-17(15)19-16;1-3-14(15(4-2)13-18)12-17(19)21-11-10-20-16-8-6-5-7-9-16;1-3-15(16(4-2)13-18)12-17(19)20-11-10-14-8-6-5-7-9-14;1-3-11(10-15)12(5-6-14)9-13(16)17-7-4-8-18-2;1-4-9(10(5-2)8-12)7-11(13)14-6-3/h4-9,11,13,19H,3,10,12H2,1-2H3;4-9,13-14H,3,10-12H2,1-2H3;4-9,13,15H,3,10-12H2,1-2H3;3,6,10,12H,4-5,7-9H2,1-2H3;5,8-9H,4,6-7H2,1-3H3. The first-order chi connectivity index (χ1) is 46.0. The fraction of sp³-hybridized carbons (Fsp3) is 0.461. The molecular formula is C76H103NO16S2. The van der Waals surface area contributed by atoms with E-state index in [4.69, 9.17) is 23.7 Å².